The summed E-state index contributed by atoms with van der Waals surface area (Å²) in [6, 6.07) is 14.0. The fourth-order valence-corrected chi connectivity index (χ4v) is 3.83. The zero-order chi connectivity index (χ0) is 20.3. The molecular formula is C22H22ClNO3S. The second kappa shape index (κ2) is 8.84. The second-order valence-electron chi connectivity index (χ2n) is 6.79. The minimum Gasteiger partial charge on any atom is -0.493 e. The molecule has 0 spiro atoms. The van der Waals surface area contributed by atoms with Crippen molar-refractivity contribution < 1.29 is 14.3 Å². The molecule has 4 nitrogen and oxygen atoms in total. The molecule has 0 saturated carbocycles. The summed E-state index contributed by atoms with van der Waals surface area (Å²) in [5, 5.41) is 0.583. The van der Waals surface area contributed by atoms with Crippen molar-refractivity contribution in [2.45, 2.75) is 20.8 Å². The summed E-state index contributed by atoms with van der Waals surface area (Å²) >= 11 is 7.35. The largest absolute Gasteiger partial charge is 0.493 e. The minimum absolute atomic E-state index is 0.294. The van der Waals surface area contributed by atoms with Gasteiger partial charge in [-0.05, 0) is 53.6 Å². The molecule has 0 aliphatic carbocycles. The Kier molecular flexibility index (Phi) is 6.47. The van der Waals surface area contributed by atoms with Crippen LogP contribution >= 0.6 is 23.4 Å². The molecule has 28 heavy (non-hydrogen) atoms. The number of rotatable bonds is 7. The first-order valence-electron chi connectivity index (χ1n) is 9.17. The number of nitrogens with zero attached hydrogens (tertiary/aromatic N) is 1. The molecule has 0 atom stereocenters. The van der Waals surface area contributed by atoms with Gasteiger partial charge in [-0.15, -0.1) is 11.8 Å². The molecule has 0 N–H and O–H groups in total. The summed E-state index contributed by atoms with van der Waals surface area (Å²) in [7, 11) is 0. The minimum atomic E-state index is -0.320. The first kappa shape index (κ1) is 20.5. The smallest absolute Gasteiger partial charge is 0.272 e. The maximum Gasteiger partial charge on any atom is 0.272 e. The Morgan fingerprint density at radius 1 is 1.00 bits per heavy atom. The molecule has 0 aromatic heterocycles. The SMILES string of the molecule is CCSC1=C(c2ccc(Cl)cc2)C(=O)N(c2ccc(OCC(C)C)cc2)C1=O. The third kappa shape index (κ3) is 4.26. The highest BCUT2D eigenvalue weighted by atomic mass is 35.5. The lowest BCUT2D eigenvalue weighted by Crippen LogP contribution is -2.31. The number of amides is 2. The van der Waals surface area contributed by atoms with Gasteiger partial charge in [0.1, 0.15) is 5.75 Å². The van der Waals surface area contributed by atoms with Gasteiger partial charge in [-0.25, -0.2) is 4.90 Å². The van der Waals surface area contributed by atoms with Crippen LogP contribution in [-0.2, 0) is 9.59 Å². The topological polar surface area (TPSA) is 46.6 Å². The summed E-state index contributed by atoms with van der Waals surface area (Å²) in [6.45, 7) is 6.72. The molecule has 6 heteroatoms. The van der Waals surface area contributed by atoms with E-state index in [1.165, 1.54) is 16.7 Å². The van der Waals surface area contributed by atoms with Gasteiger partial charge in [0.15, 0.2) is 0 Å². The van der Waals surface area contributed by atoms with Crippen molar-refractivity contribution in [3.05, 3.63) is 64.0 Å². The number of imide groups is 1. The van der Waals surface area contributed by atoms with E-state index in [-0.39, 0.29) is 11.8 Å². The number of hydrogen-bond donors (Lipinski definition) is 0. The number of halogens is 1. The summed E-state index contributed by atoms with van der Waals surface area (Å²) in [5.41, 5.74) is 1.65. The molecule has 2 aromatic rings. The normalized spacial score (nSPS) is 14.4. The van der Waals surface area contributed by atoms with Crippen LogP contribution in [0, 0.1) is 5.92 Å². The molecule has 1 aliphatic heterocycles. The number of carbonyl (C=O) groups is 2. The predicted molar refractivity (Wildman–Crippen MR) is 116 cm³/mol. The first-order chi connectivity index (χ1) is 13.4. The Morgan fingerprint density at radius 3 is 2.21 bits per heavy atom. The van der Waals surface area contributed by atoms with E-state index in [1.807, 2.05) is 6.92 Å². The van der Waals surface area contributed by atoms with Crippen molar-refractivity contribution in [1.82, 2.24) is 0 Å². The third-order valence-corrected chi connectivity index (χ3v) is 5.35. The van der Waals surface area contributed by atoms with Crippen LogP contribution in [0.3, 0.4) is 0 Å². The molecule has 0 radical (unpaired) electrons. The van der Waals surface area contributed by atoms with E-state index in [4.69, 9.17) is 16.3 Å². The molecular weight excluding hydrogens is 394 g/mol. The maximum atomic E-state index is 13.2. The first-order valence-corrected chi connectivity index (χ1v) is 10.5. The highest BCUT2D eigenvalue weighted by molar-refractivity contribution is 8.04. The molecule has 0 fully saturated rings. The fourth-order valence-electron chi connectivity index (χ4n) is 2.85. The third-order valence-electron chi connectivity index (χ3n) is 4.14. The fraction of sp³-hybridized carbons (Fsp3) is 0.273. The van der Waals surface area contributed by atoms with E-state index in [0.717, 1.165) is 0 Å². The average Bonchev–Trinajstić information content (AvgIpc) is 2.92. The van der Waals surface area contributed by atoms with Crippen molar-refractivity contribution in [2.75, 3.05) is 17.3 Å². The van der Waals surface area contributed by atoms with E-state index >= 15 is 0 Å². The number of carbonyl (C=O) groups excluding carboxylic acids is 2. The average molecular weight is 416 g/mol. The van der Waals surface area contributed by atoms with Crippen LogP contribution in [0.5, 0.6) is 5.75 Å². The molecule has 0 unspecified atom stereocenters. The lowest BCUT2D eigenvalue weighted by molar-refractivity contribution is -0.119. The molecule has 1 aliphatic rings. The van der Waals surface area contributed by atoms with Gasteiger partial charge in [0, 0.05) is 5.02 Å². The standard InChI is InChI=1S/C22H22ClNO3S/c1-4-28-20-19(15-5-7-16(23)8-6-15)21(25)24(22(20)26)17-9-11-18(12-10-17)27-13-14(2)3/h5-12,14H,4,13H2,1-3H3. The summed E-state index contributed by atoms with van der Waals surface area (Å²) in [5.74, 6) is 1.21. The van der Waals surface area contributed by atoms with Crippen LogP contribution in [0.15, 0.2) is 53.4 Å². The van der Waals surface area contributed by atoms with Gasteiger partial charge in [-0.2, -0.15) is 0 Å². The maximum absolute atomic E-state index is 13.2. The van der Waals surface area contributed by atoms with Crippen LogP contribution in [0.2, 0.25) is 5.02 Å². The van der Waals surface area contributed by atoms with E-state index in [2.05, 4.69) is 13.8 Å². The van der Waals surface area contributed by atoms with Crippen LogP contribution in [0.25, 0.3) is 5.57 Å². The molecule has 2 aromatic carbocycles. The Balaban J connectivity index is 1.91. The Hall–Kier alpha value is -2.24. The number of anilines is 1. The Labute approximate surface area is 174 Å². The summed E-state index contributed by atoms with van der Waals surface area (Å²) in [4.78, 5) is 27.9. The lowest BCUT2D eigenvalue weighted by Gasteiger charge is -2.16. The van der Waals surface area contributed by atoms with Gasteiger partial charge in [0.25, 0.3) is 11.8 Å². The molecule has 2 amide bonds. The summed E-state index contributed by atoms with van der Waals surface area (Å²) in [6.07, 6.45) is 0. The van der Waals surface area contributed by atoms with Crippen LogP contribution in [-0.4, -0.2) is 24.2 Å². The highest BCUT2D eigenvalue weighted by Gasteiger charge is 2.39. The zero-order valence-electron chi connectivity index (χ0n) is 16.1. The lowest BCUT2D eigenvalue weighted by atomic mass is 10.1. The Bertz CT molecular complexity index is 904. The van der Waals surface area contributed by atoms with Gasteiger partial charge in [-0.1, -0.05) is 44.5 Å². The monoisotopic (exact) mass is 415 g/mol. The molecule has 3 rings (SSSR count). The molecule has 0 bridgehead atoms. The van der Waals surface area contributed by atoms with Crippen molar-refractivity contribution >= 4 is 46.4 Å². The Morgan fingerprint density at radius 2 is 1.64 bits per heavy atom. The predicted octanol–water partition coefficient (Wildman–Crippen LogP) is 5.41. The molecule has 1 heterocycles. The van der Waals surface area contributed by atoms with Crippen LogP contribution < -0.4 is 9.64 Å². The second-order valence-corrected chi connectivity index (χ2v) is 8.50. The van der Waals surface area contributed by atoms with Gasteiger partial charge < -0.3 is 4.74 Å². The van der Waals surface area contributed by atoms with E-state index in [9.17, 15) is 9.59 Å². The van der Waals surface area contributed by atoms with Crippen molar-refractivity contribution in [1.29, 1.82) is 0 Å². The van der Waals surface area contributed by atoms with Gasteiger partial charge >= 0.3 is 0 Å². The highest BCUT2D eigenvalue weighted by Crippen LogP contribution is 2.38. The van der Waals surface area contributed by atoms with E-state index in [0.29, 0.717) is 50.8 Å². The molecule has 146 valence electrons. The van der Waals surface area contributed by atoms with E-state index in [1.54, 1.807) is 48.5 Å². The van der Waals surface area contributed by atoms with Gasteiger partial charge in [-0.3, -0.25) is 9.59 Å². The zero-order valence-corrected chi connectivity index (χ0v) is 17.6. The molecule has 0 saturated heterocycles. The van der Waals surface area contributed by atoms with Crippen LogP contribution in [0.1, 0.15) is 26.3 Å². The van der Waals surface area contributed by atoms with Gasteiger partial charge in [0.05, 0.1) is 22.8 Å². The number of hydrogen-bond acceptors (Lipinski definition) is 4. The van der Waals surface area contributed by atoms with Crippen molar-refractivity contribution in [3.8, 4) is 5.75 Å². The van der Waals surface area contributed by atoms with Crippen molar-refractivity contribution in [3.63, 3.8) is 0 Å². The van der Waals surface area contributed by atoms with Crippen molar-refractivity contribution in [2.24, 2.45) is 5.92 Å². The summed E-state index contributed by atoms with van der Waals surface area (Å²) < 4.78 is 5.68. The number of thioether (sulfide) groups is 1. The van der Waals surface area contributed by atoms with Gasteiger partial charge in [0.2, 0.25) is 0 Å². The number of ether oxygens (including phenoxy) is 1. The van der Waals surface area contributed by atoms with Crippen LogP contribution in [0.4, 0.5) is 5.69 Å². The quantitative estimate of drug-likeness (QED) is 0.567. The number of benzene rings is 2. The van der Waals surface area contributed by atoms with E-state index < -0.39 is 0 Å².